The number of hydrogen-bond donors (Lipinski definition) is 17. The van der Waals surface area contributed by atoms with Crippen molar-refractivity contribution in [2.45, 2.75) is 279 Å². The lowest BCUT2D eigenvalue weighted by Gasteiger charge is -2.42. The first-order valence-corrected chi connectivity index (χ1v) is 36.6. The Balaban J connectivity index is 1.59. The van der Waals surface area contributed by atoms with E-state index in [-0.39, 0.29) is 122 Å². The summed E-state index contributed by atoms with van der Waals surface area (Å²) in [7, 11) is 0. The molecule has 3 heterocycles. The summed E-state index contributed by atoms with van der Waals surface area (Å²) < 4.78 is 52.5. The van der Waals surface area contributed by atoms with Crippen LogP contribution < -0.4 is 42.5 Å². The van der Waals surface area contributed by atoms with Crippen molar-refractivity contribution in [2.75, 3.05) is 105 Å². The summed E-state index contributed by atoms with van der Waals surface area (Å²) in [5.74, 6) is -2.94. The van der Waals surface area contributed by atoms with Crippen LogP contribution >= 0.6 is 0 Å². The molecule has 8 amide bonds. The first-order valence-electron chi connectivity index (χ1n) is 36.6. The van der Waals surface area contributed by atoms with E-state index in [1.807, 2.05) is 0 Å². The lowest BCUT2D eigenvalue weighted by molar-refractivity contribution is -0.270. The van der Waals surface area contributed by atoms with E-state index in [9.17, 15) is 84.3 Å². The minimum atomic E-state index is -1.43. The zero-order chi connectivity index (χ0) is 75.1. The number of ether oxygens (including phenoxy) is 9. The van der Waals surface area contributed by atoms with Crippen molar-refractivity contribution in [3.05, 3.63) is 0 Å². The van der Waals surface area contributed by atoms with Crippen LogP contribution in [0.3, 0.4) is 0 Å². The van der Waals surface area contributed by atoms with Gasteiger partial charge in [-0.1, -0.05) is 77.6 Å². The average molecular weight is 1470 g/mol. The fraction of sp³-hybridized carbons (Fsp3) is 0.882. The number of unbranched alkanes of at least 4 members (excludes halogenated alkanes) is 14. The Hall–Kier alpha value is -4.96. The van der Waals surface area contributed by atoms with Gasteiger partial charge >= 0.3 is 0 Å². The van der Waals surface area contributed by atoms with Gasteiger partial charge in [0.15, 0.2) is 18.9 Å². The summed E-state index contributed by atoms with van der Waals surface area (Å²) in [4.78, 5) is 101. The number of nitrogens with one attached hydrogen (secondary N) is 8. The van der Waals surface area contributed by atoms with Gasteiger partial charge < -0.3 is 131 Å². The summed E-state index contributed by atoms with van der Waals surface area (Å²) in [6.07, 6.45) is -0.934. The van der Waals surface area contributed by atoms with Crippen molar-refractivity contribution in [1.29, 1.82) is 0 Å². The van der Waals surface area contributed by atoms with Crippen LogP contribution in [0.1, 0.15) is 182 Å². The molecular weight excluding hydrogens is 1340 g/mol. The van der Waals surface area contributed by atoms with Crippen LogP contribution in [0.4, 0.5) is 0 Å². The molecule has 0 saturated carbocycles. The molecule has 592 valence electrons. The van der Waals surface area contributed by atoms with Gasteiger partial charge in [0, 0.05) is 98.9 Å². The van der Waals surface area contributed by atoms with Crippen LogP contribution in [0.25, 0.3) is 0 Å². The number of rotatable bonds is 57. The molecule has 0 radical (unpaired) electrons. The van der Waals surface area contributed by atoms with Crippen LogP contribution in [-0.4, -0.2) is 296 Å². The number of carbonyl (C=O) groups is 8. The highest BCUT2D eigenvalue weighted by molar-refractivity contribution is 5.80. The van der Waals surface area contributed by atoms with E-state index >= 15 is 0 Å². The van der Waals surface area contributed by atoms with Crippen molar-refractivity contribution >= 4 is 47.3 Å². The third-order valence-corrected chi connectivity index (χ3v) is 17.4. The first-order chi connectivity index (χ1) is 49.0. The molecule has 0 aromatic heterocycles. The molecule has 0 bridgehead atoms. The molecule has 3 aliphatic rings. The molecule has 34 heteroatoms. The van der Waals surface area contributed by atoms with Gasteiger partial charge in [-0.25, -0.2) is 0 Å². The Morgan fingerprint density at radius 1 is 0.343 bits per heavy atom. The number of amides is 8. The van der Waals surface area contributed by atoms with Gasteiger partial charge in [0.1, 0.15) is 78.6 Å². The van der Waals surface area contributed by atoms with E-state index in [4.69, 9.17) is 42.6 Å². The quantitative estimate of drug-likeness (QED) is 0.0283. The smallest absolute Gasteiger partial charge is 0.222 e. The lowest BCUT2D eigenvalue weighted by Crippen LogP contribution is -2.64. The van der Waals surface area contributed by atoms with Crippen LogP contribution in [0.5, 0.6) is 0 Å². The van der Waals surface area contributed by atoms with E-state index in [2.05, 4.69) is 49.5 Å². The summed E-state index contributed by atoms with van der Waals surface area (Å²) in [5, 5.41) is 113. The lowest BCUT2D eigenvalue weighted by atomic mass is 9.97. The maximum atomic E-state index is 13.9. The Morgan fingerprint density at radius 3 is 0.912 bits per heavy atom. The predicted octanol–water partition coefficient (Wildman–Crippen LogP) is -2.38. The van der Waals surface area contributed by atoms with Crippen LogP contribution in [0.15, 0.2) is 0 Å². The van der Waals surface area contributed by atoms with Gasteiger partial charge in [-0.15, -0.1) is 0 Å². The highest BCUT2D eigenvalue weighted by Crippen LogP contribution is 2.26. The van der Waals surface area contributed by atoms with Gasteiger partial charge in [-0.05, 0) is 51.4 Å². The van der Waals surface area contributed by atoms with Crippen LogP contribution in [0, 0.1) is 0 Å². The van der Waals surface area contributed by atoms with Crippen molar-refractivity contribution in [2.24, 2.45) is 0 Å². The molecule has 15 atom stereocenters. The van der Waals surface area contributed by atoms with Crippen LogP contribution in [0.2, 0.25) is 0 Å². The fourth-order valence-corrected chi connectivity index (χ4v) is 11.6. The summed E-state index contributed by atoms with van der Waals surface area (Å²) >= 11 is 0. The molecule has 0 aliphatic carbocycles. The van der Waals surface area contributed by atoms with Gasteiger partial charge in [-0.2, -0.15) is 0 Å². The normalized spacial score (nSPS) is 25.5. The minimum Gasteiger partial charge on any atom is -0.394 e. The van der Waals surface area contributed by atoms with Crippen molar-refractivity contribution < 1.29 is 127 Å². The maximum absolute atomic E-state index is 13.9. The number of aliphatic hydroxyl groups is 9. The highest BCUT2D eigenvalue weighted by Gasteiger charge is 2.48. The van der Waals surface area contributed by atoms with E-state index < -0.39 is 141 Å². The average Bonchev–Trinajstić information content (AvgIpc) is 0.841. The third kappa shape index (κ3) is 37.3. The Morgan fingerprint density at radius 2 is 0.618 bits per heavy atom. The molecule has 17 N–H and O–H groups in total. The molecule has 3 fully saturated rings. The number of carbonyl (C=O) groups excluding carboxylic acids is 8. The largest absolute Gasteiger partial charge is 0.394 e. The molecule has 0 spiro atoms. The molecule has 3 saturated heterocycles. The predicted molar refractivity (Wildman–Crippen MR) is 366 cm³/mol. The second kappa shape index (κ2) is 53.8. The topological polar surface area (TPSA) is 498 Å². The maximum Gasteiger partial charge on any atom is 0.222 e. The van der Waals surface area contributed by atoms with E-state index in [0.717, 1.165) is 32.1 Å². The molecule has 3 rings (SSSR count). The second-order valence-corrected chi connectivity index (χ2v) is 26.4. The highest BCUT2D eigenvalue weighted by atomic mass is 16.7. The molecule has 34 nitrogen and oxygen atoms in total. The molecule has 0 aromatic rings. The fourth-order valence-electron chi connectivity index (χ4n) is 11.6. The summed E-state index contributed by atoms with van der Waals surface area (Å²) in [6.45, 7) is 5.42. The standard InChI is InChI=1S/C68H124N8O26/c1-5-6-7-8-9-16-29-69-51(83)24-23-25-55(87)76-68(42-94-36-26-52(84)70-30-17-10-13-20-33-97-65-56(73-45(2)80)62(91)59(88)48(39-77)100-65,43-95-37-27-53(85)71-31-18-11-14-21-34-98-66-57(74-46(3)81)63(92)60(89)49(40-78)101-66)44-96-38-28-54(86)72-32-19-12-15-22-35-99-67-58(75-47(4)82)64(93)61(90)50(41-79)102-67/h48-50,56-67,77-79,88-93H,5-44H2,1-4H3,(H,69,83)(H,70,84)(H,71,85)(H,72,86)(H,73,80)(H,74,81)(H,75,82)(H,76,87)/t48?,49?,50?,56?,57?,58?,59-,60-,61-,62+,63+,64+,65+,66+,67+,68?/m0/s1. The molecule has 0 aromatic carbocycles. The third-order valence-electron chi connectivity index (χ3n) is 17.4. The number of hydrogen-bond acceptors (Lipinski definition) is 26. The van der Waals surface area contributed by atoms with E-state index in [0.29, 0.717) is 103 Å². The summed E-state index contributed by atoms with van der Waals surface area (Å²) in [6, 6.07) is -3.16. The van der Waals surface area contributed by atoms with Gasteiger partial charge in [0.05, 0.1) is 59.5 Å². The van der Waals surface area contributed by atoms with Gasteiger partial charge in [0.2, 0.25) is 47.3 Å². The second-order valence-electron chi connectivity index (χ2n) is 26.4. The SMILES string of the molecule is CCCCCCCCNC(=O)CCCC(=O)NC(COCCC(=O)NCCCCCCO[C@@H]1OC(CO)[C@H](O)[C@H](O)C1NC(C)=O)(COCCC(=O)NCCCCCCO[C@@H]1OC(CO)[C@H](O)[C@H](O)C1NC(C)=O)COCCC(=O)NCCCCCCO[C@@H]1OC(CO)[C@H](O)[C@H](O)C1NC(C)=O. The van der Waals surface area contributed by atoms with Crippen molar-refractivity contribution in [3.8, 4) is 0 Å². The van der Waals surface area contributed by atoms with Crippen molar-refractivity contribution in [1.82, 2.24) is 42.5 Å². The van der Waals surface area contributed by atoms with Gasteiger partial charge in [0.25, 0.3) is 0 Å². The van der Waals surface area contributed by atoms with E-state index in [1.165, 1.54) is 27.2 Å². The monoisotopic (exact) mass is 1470 g/mol. The van der Waals surface area contributed by atoms with E-state index in [1.54, 1.807) is 0 Å². The zero-order valence-corrected chi connectivity index (χ0v) is 60.4. The Labute approximate surface area is 599 Å². The van der Waals surface area contributed by atoms with Crippen molar-refractivity contribution in [3.63, 3.8) is 0 Å². The van der Waals surface area contributed by atoms with Crippen LogP contribution in [-0.2, 0) is 81.0 Å². The Bertz CT molecular complexity index is 2150. The molecule has 6 unspecified atom stereocenters. The van der Waals surface area contributed by atoms with Gasteiger partial charge in [-0.3, -0.25) is 38.4 Å². The number of aliphatic hydroxyl groups excluding tert-OH is 9. The zero-order valence-electron chi connectivity index (χ0n) is 60.4. The Kier molecular flexibility index (Phi) is 48.1. The molecule has 102 heavy (non-hydrogen) atoms. The summed E-state index contributed by atoms with van der Waals surface area (Å²) in [5.41, 5.74) is -1.42. The minimum absolute atomic E-state index is 0.0525. The molecule has 3 aliphatic heterocycles. The molecular formula is C68H124N8O26. The first kappa shape index (κ1) is 91.3.